The maximum atomic E-state index is 6.11. The van der Waals surface area contributed by atoms with Crippen LogP contribution in [0, 0.1) is 0 Å². The third-order valence-electron chi connectivity index (χ3n) is 11.6. The minimum Gasteiger partial charge on any atom is -0.456 e. The second-order valence-corrected chi connectivity index (χ2v) is 15.0. The van der Waals surface area contributed by atoms with Crippen molar-refractivity contribution in [2.24, 2.45) is 0 Å². The summed E-state index contributed by atoms with van der Waals surface area (Å²) in [5.74, 6) is 0. The molecule has 0 N–H and O–H groups in total. The predicted molar refractivity (Wildman–Crippen MR) is 226 cm³/mol. The van der Waals surface area contributed by atoms with Crippen molar-refractivity contribution in [1.29, 1.82) is 0 Å². The summed E-state index contributed by atoms with van der Waals surface area (Å²) in [6.45, 7) is 4.72. The fourth-order valence-electron chi connectivity index (χ4n) is 8.88. The number of hydrogen-bond acceptors (Lipinski definition) is 2. The SMILES string of the molecule is CC1(C)c2ccccc2N(c2ccc(-c3ccc4oc5ccccc5c4c3)cc2)c2ccc(-c3ccc4c(c3)c3ccccc3n4-c3ccccc3)cc21. The zero-order chi connectivity index (χ0) is 36.0. The molecule has 8 aromatic carbocycles. The number of aromatic nitrogens is 1. The molecule has 3 heterocycles. The quantitative estimate of drug-likeness (QED) is 0.183. The summed E-state index contributed by atoms with van der Waals surface area (Å²) in [6.07, 6.45) is 0. The Morgan fingerprint density at radius 2 is 0.981 bits per heavy atom. The number of rotatable bonds is 4. The molecule has 3 nitrogen and oxygen atoms in total. The molecule has 11 rings (SSSR count). The molecule has 10 aromatic rings. The largest absolute Gasteiger partial charge is 0.456 e. The summed E-state index contributed by atoms with van der Waals surface area (Å²) in [7, 11) is 0. The zero-order valence-corrected chi connectivity index (χ0v) is 30.1. The Morgan fingerprint density at radius 1 is 0.389 bits per heavy atom. The van der Waals surface area contributed by atoms with Crippen LogP contribution in [0.1, 0.15) is 25.0 Å². The molecule has 256 valence electrons. The van der Waals surface area contributed by atoms with Crippen molar-refractivity contribution in [2.75, 3.05) is 4.90 Å². The average Bonchev–Trinajstić information content (AvgIpc) is 3.76. The van der Waals surface area contributed by atoms with Gasteiger partial charge < -0.3 is 13.9 Å². The number of para-hydroxylation sites is 4. The highest BCUT2D eigenvalue weighted by Gasteiger charge is 2.37. The number of furan rings is 1. The van der Waals surface area contributed by atoms with Crippen LogP contribution in [-0.4, -0.2) is 4.57 Å². The lowest BCUT2D eigenvalue weighted by molar-refractivity contribution is 0.632. The first-order chi connectivity index (χ1) is 26.5. The Balaban J connectivity index is 1.02. The maximum Gasteiger partial charge on any atom is 0.135 e. The molecule has 0 unspecified atom stereocenters. The fourth-order valence-corrected chi connectivity index (χ4v) is 8.88. The first-order valence-corrected chi connectivity index (χ1v) is 18.7. The Bertz CT molecular complexity index is 3070. The molecule has 1 aliphatic heterocycles. The highest BCUT2D eigenvalue weighted by Crippen LogP contribution is 2.53. The van der Waals surface area contributed by atoms with E-state index in [2.05, 4.69) is 193 Å². The molecule has 3 heteroatoms. The first kappa shape index (κ1) is 30.8. The number of hydrogen-bond donors (Lipinski definition) is 0. The Kier molecular flexibility index (Phi) is 6.60. The Hall–Kier alpha value is -6.84. The molecular weight excluding hydrogens is 657 g/mol. The second-order valence-electron chi connectivity index (χ2n) is 15.0. The average molecular weight is 693 g/mol. The molecule has 2 aromatic heterocycles. The normalized spacial score (nSPS) is 13.5. The summed E-state index contributed by atoms with van der Waals surface area (Å²) in [5, 5.41) is 4.81. The molecule has 1 aliphatic rings. The van der Waals surface area contributed by atoms with E-state index in [1.807, 2.05) is 12.1 Å². The van der Waals surface area contributed by atoms with Crippen LogP contribution in [0.4, 0.5) is 17.1 Å². The number of anilines is 3. The minimum atomic E-state index is -0.200. The molecule has 0 fully saturated rings. The zero-order valence-electron chi connectivity index (χ0n) is 30.1. The van der Waals surface area contributed by atoms with E-state index < -0.39 is 0 Å². The van der Waals surface area contributed by atoms with Gasteiger partial charge in [-0.2, -0.15) is 0 Å². The highest BCUT2D eigenvalue weighted by molar-refractivity contribution is 6.10. The van der Waals surface area contributed by atoms with Crippen molar-refractivity contribution >= 4 is 60.8 Å². The van der Waals surface area contributed by atoms with E-state index in [0.717, 1.165) is 27.6 Å². The Morgan fingerprint density at radius 3 is 1.85 bits per heavy atom. The molecule has 0 atom stereocenters. The lowest BCUT2D eigenvalue weighted by atomic mass is 9.73. The number of nitrogens with zero attached hydrogens (tertiary/aromatic N) is 2. The van der Waals surface area contributed by atoms with Crippen molar-refractivity contribution in [3.63, 3.8) is 0 Å². The van der Waals surface area contributed by atoms with E-state index >= 15 is 0 Å². The third-order valence-corrected chi connectivity index (χ3v) is 11.6. The Labute approximate surface area is 314 Å². The summed E-state index contributed by atoms with van der Waals surface area (Å²) in [6, 6.07) is 66.1. The van der Waals surface area contributed by atoms with Crippen molar-refractivity contribution in [3.8, 4) is 27.9 Å². The van der Waals surface area contributed by atoms with Crippen LogP contribution in [0.3, 0.4) is 0 Å². The van der Waals surface area contributed by atoms with E-state index in [1.165, 1.54) is 72.2 Å². The molecule has 54 heavy (non-hydrogen) atoms. The van der Waals surface area contributed by atoms with Crippen molar-refractivity contribution in [1.82, 2.24) is 4.57 Å². The van der Waals surface area contributed by atoms with E-state index in [0.29, 0.717) is 0 Å². The van der Waals surface area contributed by atoms with Crippen molar-refractivity contribution in [3.05, 3.63) is 193 Å². The van der Waals surface area contributed by atoms with Gasteiger partial charge in [0, 0.05) is 38.3 Å². The van der Waals surface area contributed by atoms with Gasteiger partial charge >= 0.3 is 0 Å². The van der Waals surface area contributed by atoms with Gasteiger partial charge in [-0.15, -0.1) is 0 Å². The van der Waals surface area contributed by atoms with Gasteiger partial charge in [-0.1, -0.05) is 117 Å². The van der Waals surface area contributed by atoms with Crippen LogP contribution in [0.25, 0.3) is 71.7 Å². The van der Waals surface area contributed by atoms with Gasteiger partial charge in [0.2, 0.25) is 0 Å². The van der Waals surface area contributed by atoms with Gasteiger partial charge in [-0.3, -0.25) is 0 Å². The van der Waals surface area contributed by atoms with E-state index in [1.54, 1.807) is 0 Å². The molecular formula is C51H36N2O. The van der Waals surface area contributed by atoms with E-state index in [9.17, 15) is 0 Å². The minimum absolute atomic E-state index is 0.200. The summed E-state index contributed by atoms with van der Waals surface area (Å²) in [5.41, 5.74) is 16.2. The second kappa shape index (κ2) is 11.6. The van der Waals surface area contributed by atoms with E-state index in [4.69, 9.17) is 4.42 Å². The summed E-state index contributed by atoms with van der Waals surface area (Å²) >= 11 is 0. The van der Waals surface area contributed by atoms with E-state index in [-0.39, 0.29) is 5.41 Å². The molecule has 0 bridgehead atoms. The van der Waals surface area contributed by atoms with Gasteiger partial charge in [0.15, 0.2) is 0 Å². The summed E-state index contributed by atoms with van der Waals surface area (Å²) < 4.78 is 8.48. The fraction of sp³-hybridized carbons (Fsp3) is 0.0588. The van der Waals surface area contributed by atoms with Gasteiger partial charge in [0.1, 0.15) is 11.2 Å². The van der Waals surface area contributed by atoms with Crippen LogP contribution >= 0.6 is 0 Å². The molecule has 0 spiro atoms. The topological polar surface area (TPSA) is 21.3 Å². The van der Waals surface area contributed by atoms with Gasteiger partial charge in [-0.05, 0) is 112 Å². The standard InChI is InChI=1S/C51H36N2O/c1-51(2)43-16-8-10-18-47(43)53(38-25-20-33(21-26-38)34-24-29-50-42(31-34)40-15-7-11-19-49(40)54-50)48-28-23-36(32-44(48)51)35-22-27-46-41(30-35)39-14-6-9-17-45(39)52(46)37-12-4-3-5-13-37/h3-32H,1-2H3. The van der Waals surface area contributed by atoms with Gasteiger partial charge in [-0.25, -0.2) is 0 Å². The molecule has 0 amide bonds. The predicted octanol–water partition coefficient (Wildman–Crippen LogP) is 14.1. The monoisotopic (exact) mass is 692 g/mol. The number of fused-ring (bicyclic) bond motifs is 8. The van der Waals surface area contributed by atoms with Crippen LogP contribution < -0.4 is 4.90 Å². The first-order valence-electron chi connectivity index (χ1n) is 18.7. The molecule has 0 radical (unpaired) electrons. The van der Waals surface area contributed by atoms with Crippen LogP contribution in [0.15, 0.2) is 186 Å². The lowest BCUT2D eigenvalue weighted by Gasteiger charge is -2.42. The highest BCUT2D eigenvalue weighted by atomic mass is 16.3. The molecule has 0 saturated heterocycles. The van der Waals surface area contributed by atoms with Gasteiger partial charge in [0.05, 0.1) is 22.4 Å². The molecule has 0 saturated carbocycles. The lowest BCUT2D eigenvalue weighted by Crippen LogP contribution is -2.30. The van der Waals surface area contributed by atoms with Crippen LogP contribution in [0.5, 0.6) is 0 Å². The van der Waals surface area contributed by atoms with Crippen molar-refractivity contribution in [2.45, 2.75) is 19.3 Å². The maximum absolute atomic E-state index is 6.11. The van der Waals surface area contributed by atoms with Crippen LogP contribution in [-0.2, 0) is 5.41 Å². The third kappa shape index (κ3) is 4.55. The van der Waals surface area contributed by atoms with Gasteiger partial charge in [0.25, 0.3) is 0 Å². The summed E-state index contributed by atoms with van der Waals surface area (Å²) in [4.78, 5) is 2.44. The number of benzene rings is 8. The molecule has 0 aliphatic carbocycles. The van der Waals surface area contributed by atoms with Crippen molar-refractivity contribution < 1.29 is 4.42 Å². The smallest absolute Gasteiger partial charge is 0.135 e. The van der Waals surface area contributed by atoms with Crippen LogP contribution in [0.2, 0.25) is 0 Å².